The second-order valence-electron chi connectivity index (χ2n) is 6.66. The lowest BCUT2D eigenvalue weighted by Crippen LogP contribution is -2.24. The van der Waals surface area contributed by atoms with E-state index in [9.17, 15) is 19.8 Å². The molecular weight excluding hydrogens is 386 g/mol. The van der Waals surface area contributed by atoms with Gasteiger partial charge < -0.3 is 19.9 Å². The molecule has 9 heteroatoms. The van der Waals surface area contributed by atoms with Gasteiger partial charge in [-0.05, 0) is 31.5 Å². The van der Waals surface area contributed by atoms with E-state index in [0.29, 0.717) is 22.8 Å². The van der Waals surface area contributed by atoms with Crippen molar-refractivity contribution in [3.05, 3.63) is 62.2 Å². The van der Waals surface area contributed by atoms with Crippen LogP contribution in [0.15, 0.2) is 29.2 Å². The number of aliphatic hydroxyl groups is 2. The molecule has 0 amide bonds. The fraction of sp³-hybridized carbons (Fsp3) is 0.316. The highest BCUT2D eigenvalue weighted by Gasteiger charge is 2.17. The van der Waals surface area contributed by atoms with E-state index in [1.165, 1.54) is 10.8 Å². The SMILES string of the molecule is Cc1nn(Cc2ccc3c(c2)c(=O)c(C(=O)O)cn3CC(O)CO)c(C)c1Cl. The van der Waals surface area contributed by atoms with Gasteiger partial charge in [-0.3, -0.25) is 9.48 Å². The summed E-state index contributed by atoms with van der Waals surface area (Å²) in [5.41, 5.74) is 1.71. The van der Waals surface area contributed by atoms with Gasteiger partial charge in [-0.15, -0.1) is 0 Å². The first kappa shape index (κ1) is 20.1. The number of carboxylic acid groups (broad SMARTS) is 1. The number of nitrogens with zero attached hydrogens (tertiary/aromatic N) is 3. The number of halogens is 1. The average Bonchev–Trinajstić information content (AvgIpc) is 2.90. The van der Waals surface area contributed by atoms with Crippen LogP contribution in [0.25, 0.3) is 10.9 Å². The van der Waals surface area contributed by atoms with Crippen molar-refractivity contribution in [2.45, 2.75) is 33.0 Å². The molecule has 0 saturated carbocycles. The zero-order valence-electron chi connectivity index (χ0n) is 15.4. The summed E-state index contributed by atoms with van der Waals surface area (Å²) >= 11 is 6.18. The summed E-state index contributed by atoms with van der Waals surface area (Å²) in [6.07, 6.45) is 0.107. The van der Waals surface area contributed by atoms with Crippen LogP contribution in [0.3, 0.4) is 0 Å². The van der Waals surface area contributed by atoms with E-state index in [-0.39, 0.29) is 11.9 Å². The predicted molar refractivity (Wildman–Crippen MR) is 104 cm³/mol. The fourth-order valence-electron chi connectivity index (χ4n) is 3.13. The molecule has 148 valence electrons. The smallest absolute Gasteiger partial charge is 0.341 e. The highest BCUT2D eigenvalue weighted by Crippen LogP contribution is 2.21. The number of aryl methyl sites for hydroxylation is 1. The van der Waals surface area contributed by atoms with E-state index < -0.39 is 29.7 Å². The summed E-state index contributed by atoms with van der Waals surface area (Å²) in [4.78, 5) is 24.1. The Balaban J connectivity index is 2.13. The van der Waals surface area contributed by atoms with Crippen LogP contribution in [0, 0.1) is 13.8 Å². The summed E-state index contributed by atoms with van der Waals surface area (Å²) in [6, 6.07) is 5.11. The molecule has 1 unspecified atom stereocenters. The number of carbonyl (C=O) groups is 1. The molecule has 2 aromatic heterocycles. The van der Waals surface area contributed by atoms with Gasteiger partial charge >= 0.3 is 5.97 Å². The first-order chi connectivity index (χ1) is 13.2. The third-order valence-electron chi connectivity index (χ3n) is 4.62. The van der Waals surface area contributed by atoms with E-state index in [2.05, 4.69) is 5.10 Å². The Kier molecular flexibility index (Phi) is 5.55. The van der Waals surface area contributed by atoms with Gasteiger partial charge in [0.1, 0.15) is 5.56 Å². The van der Waals surface area contributed by atoms with Crippen molar-refractivity contribution in [1.29, 1.82) is 0 Å². The second-order valence-corrected chi connectivity index (χ2v) is 7.04. The van der Waals surface area contributed by atoms with Crippen LogP contribution in [0.1, 0.15) is 27.3 Å². The largest absolute Gasteiger partial charge is 0.477 e. The van der Waals surface area contributed by atoms with Gasteiger partial charge in [-0.1, -0.05) is 17.7 Å². The molecule has 28 heavy (non-hydrogen) atoms. The first-order valence-corrected chi connectivity index (χ1v) is 8.98. The molecule has 8 nitrogen and oxygen atoms in total. The van der Waals surface area contributed by atoms with E-state index in [0.717, 1.165) is 11.3 Å². The second kappa shape index (κ2) is 7.75. The Morgan fingerprint density at radius 3 is 2.61 bits per heavy atom. The Bertz CT molecular complexity index is 1120. The summed E-state index contributed by atoms with van der Waals surface area (Å²) < 4.78 is 3.18. The Labute approximate surface area is 165 Å². The normalized spacial score (nSPS) is 12.5. The minimum absolute atomic E-state index is 0.0417. The minimum Gasteiger partial charge on any atom is -0.477 e. The van der Waals surface area contributed by atoms with Gasteiger partial charge in [-0.2, -0.15) is 5.10 Å². The average molecular weight is 406 g/mol. The van der Waals surface area contributed by atoms with Gasteiger partial charge in [-0.25, -0.2) is 4.79 Å². The van der Waals surface area contributed by atoms with Crippen molar-refractivity contribution in [3.8, 4) is 0 Å². The van der Waals surface area contributed by atoms with E-state index >= 15 is 0 Å². The van der Waals surface area contributed by atoms with Gasteiger partial charge in [0.2, 0.25) is 5.43 Å². The lowest BCUT2D eigenvalue weighted by Gasteiger charge is -2.16. The van der Waals surface area contributed by atoms with Gasteiger partial charge in [0, 0.05) is 11.6 Å². The lowest BCUT2D eigenvalue weighted by atomic mass is 10.1. The van der Waals surface area contributed by atoms with Crippen LogP contribution in [0.2, 0.25) is 5.02 Å². The number of benzene rings is 1. The van der Waals surface area contributed by atoms with Crippen LogP contribution < -0.4 is 5.43 Å². The van der Waals surface area contributed by atoms with Crippen molar-refractivity contribution >= 4 is 28.5 Å². The quantitative estimate of drug-likeness (QED) is 0.573. The molecule has 0 saturated heterocycles. The summed E-state index contributed by atoms with van der Waals surface area (Å²) in [6.45, 7) is 3.49. The van der Waals surface area contributed by atoms with Gasteiger partial charge in [0.15, 0.2) is 0 Å². The van der Waals surface area contributed by atoms with Crippen LogP contribution in [-0.2, 0) is 13.1 Å². The molecule has 0 radical (unpaired) electrons. The maximum Gasteiger partial charge on any atom is 0.341 e. The molecule has 3 rings (SSSR count). The monoisotopic (exact) mass is 405 g/mol. The lowest BCUT2D eigenvalue weighted by molar-refractivity contribution is 0.0691. The minimum atomic E-state index is -1.35. The number of aromatic nitrogens is 3. The van der Waals surface area contributed by atoms with Crippen molar-refractivity contribution < 1.29 is 20.1 Å². The van der Waals surface area contributed by atoms with Gasteiger partial charge in [0.05, 0.1) is 47.7 Å². The van der Waals surface area contributed by atoms with E-state index in [4.69, 9.17) is 16.7 Å². The Morgan fingerprint density at radius 2 is 2.04 bits per heavy atom. The number of pyridine rings is 1. The molecule has 0 bridgehead atoms. The fourth-order valence-corrected chi connectivity index (χ4v) is 3.27. The highest BCUT2D eigenvalue weighted by atomic mass is 35.5. The molecule has 0 aliphatic rings. The number of aromatic carboxylic acids is 1. The first-order valence-electron chi connectivity index (χ1n) is 8.60. The molecule has 2 heterocycles. The molecular formula is C19H20ClN3O5. The third kappa shape index (κ3) is 3.66. The molecule has 0 spiro atoms. The highest BCUT2D eigenvalue weighted by molar-refractivity contribution is 6.31. The molecule has 1 atom stereocenters. The van der Waals surface area contributed by atoms with E-state index in [1.807, 2.05) is 6.92 Å². The number of carboxylic acids is 1. The standard InChI is InChI=1S/C19H20ClN3O5/c1-10-17(20)11(2)23(21-10)6-12-3-4-16-14(5-12)18(26)15(19(27)28)8-22(16)7-13(25)9-24/h3-5,8,13,24-25H,6-7,9H2,1-2H3,(H,27,28). The van der Waals surface area contributed by atoms with Crippen LogP contribution >= 0.6 is 11.6 Å². The molecule has 0 aliphatic heterocycles. The zero-order valence-corrected chi connectivity index (χ0v) is 16.1. The number of aliphatic hydroxyl groups excluding tert-OH is 2. The van der Waals surface area contributed by atoms with Crippen molar-refractivity contribution in [2.75, 3.05) is 6.61 Å². The van der Waals surface area contributed by atoms with Crippen LogP contribution in [-0.4, -0.2) is 48.3 Å². The van der Waals surface area contributed by atoms with Crippen LogP contribution in [0.5, 0.6) is 0 Å². The summed E-state index contributed by atoms with van der Waals surface area (Å²) in [5.74, 6) is -1.35. The number of fused-ring (bicyclic) bond motifs is 1. The predicted octanol–water partition coefficient (Wildman–Crippen LogP) is 1.57. The zero-order chi connectivity index (χ0) is 20.6. The number of hydrogen-bond acceptors (Lipinski definition) is 5. The molecule has 0 fully saturated rings. The Morgan fingerprint density at radius 1 is 1.32 bits per heavy atom. The van der Waals surface area contributed by atoms with Crippen molar-refractivity contribution in [2.24, 2.45) is 0 Å². The third-order valence-corrected chi connectivity index (χ3v) is 5.17. The number of hydrogen-bond donors (Lipinski definition) is 3. The number of rotatable bonds is 6. The molecule has 0 aliphatic carbocycles. The van der Waals surface area contributed by atoms with E-state index in [1.54, 1.807) is 29.8 Å². The maximum atomic E-state index is 12.7. The maximum absolute atomic E-state index is 12.7. The van der Waals surface area contributed by atoms with Crippen molar-refractivity contribution in [1.82, 2.24) is 14.3 Å². The summed E-state index contributed by atoms with van der Waals surface area (Å²) in [5, 5.41) is 33.4. The molecule has 3 aromatic rings. The summed E-state index contributed by atoms with van der Waals surface area (Å²) in [7, 11) is 0. The Hall–Kier alpha value is -2.68. The molecule has 1 aromatic carbocycles. The van der Waals surface area contributed by atoms with Gasteiger partial charge in [0.25, 0.3) is 0 Å². The topological polar surface area (TPSA) is 118 Å². The van der Waals surface area contributed by atoms with Crippen LogP contribution in [0.4, 0.5) is 0 Å². The molecule has 3 N–H and O–H groups in total. The van der Waals surface area contributed by atoms with Crippen molar-refractivity contribution in [3.63, 3.8) is 0 Å².